The van der Waals surface area contributed by atoms with Crippen molar-refractivity contribution in [3.63, 3.8) is 0 Å². The fraction of sp³-hybridized carbons (Fsp3) is 0.391. The Kier molecular flexibility index (Phi) is 12.0. The quantitative estimate of drug-likeness (QED) is 0.456. The predicted molar refractivity (Wildman–Crippen MR) is 114 cm³/mol. The number of nitriles is 1. The van der Waals surface area contributed by atoms with Gasteiger partial charge < -0.3 is 14.8 Å². The molecule has 0 bridgehead atoms. The molecule has 0 aliphatic carbocycles. The van der Waals surface area contributed by atoms with Gasteiger partial charge in [-0.15, -0.1) is 0 Å². The lowest BCUT2D eigenvalue weighted by Crippen LogP contribution is -2.09. The molecule has 0 unspecified atom stereocenters. The van der Waals surface area contributed by atoms with Crippen molar-refractivity contribution in [1.82, 2.24) is 0 Å². The highest BCUT2D eigenvalue weighted by atomic mass is 16.7. The smallest absolute Gasteiger partial charge is 0.238 e. The molecule has 5 nitrogen and oxygen atoms in total. The number of nitrogens with one attached hydrogen (secondary N) is 1. The molecule has 0 aliphatic heterocycles. The lowest BCUT2D eigenvalue weighted by molar-refractivity contribution is -0.115. The molecule has 0 saturated carbocycles. The molecule has 0 heterocycles. The fourth-order valence-corrected chi connectivity index (χ4v) is 2.57. The Labute approximate surface area is 169 Å². The van der Waals surface area contributed by atoms with Crippen molar-refractivity contribution in [3.8, 4) is 6.07 Å². The number of hydrogen-bond acceptors (Lipinski definition) is 4. The second-order valence-electron chi connectivity index (χ2n) is 6.01. The van der Waals surface area contributed by atoms with Crippen LogP contribution in [0, 0.1) is 11.3 Å². The highest BCUT2D eigenvalue weighted by molar-refractivity contribution is 5.91. The third-order valence-corrected chi connectivity index (χ3v) is 3.90. The molecule has 0 saturated heterocycles. The van der Waals surface area contributed by atoms with E-state index in [0.717, 1.165) is 30.5 Å². The molecule has 2 aromatic carbocycles. The van der Waals surface area contributed by atoms with Crippen molar-refractivity contribution in [2.24, 2.45) is 0 Å². The minimum atomic E-state index is -0.281. The number of hydrogen-bond donors (Lipinski definition) is 1. The number of anilines is 1. The van der Waals surface area contributed by atoms with Crippen LogP contribution in [-0.2, 0) is 33.7 Å². The predicted octanol–water partition coefficient (Wildman–Crippen LogP) is 5.11. The van der Waals surface area contributed by atoms with E-state index in [1.807, 2.05) is 44.2 Å². The average Bonchev–Trinajstić information content (AvgIpc) is 2.72. The number of carbonyl (C=O) groups excluding carboxylic acids is 1. The molecule has 152 valence electrons. The Bertz CT molecular complexity index is 725. The van der Waals surface area contributed by atoms with Crippen LogP contribution in [0.15, 0.2) is 48.5 Å². The van der Waals surface area contributed by atoms with Crippen molar-refractivity contribution in [3.05, 3.63) is 65.2 Å². The van der Waals surface area contributed by atoms with Gasteiger partial charge in [0.1, 0.15) is 13.2 Å². The van der Waals surface area contributed by atoms with Crippen molar-refractivity contribution < 1.29 is 15.7 Å². The Hall–Kier alpha value is -2.68. The van der Waals surface area contributed by atoms with Gasteiger partial charge in [0.2, 0.25) is 5.91 Å². The maximum atomic E-state index is 11.4. The molecular weight excluding hydrogens is 352 g/mol. The molecular formula is C23H32N2O3. The van der Waals surface area contributed by atoms with Crippen LogP contribution in [0.4, 0.5) is 5.69 Å². The van der Waals surface area contributed by atoms with E-state index in [2.05, 4.69) is 29.6 Å². The summed E-state index contributed by atoms with van der Waals surface area (Å²) in [6, 6.07) is 18.1. The maximum Gasteiger partial charge on any atom is 0.238 e. The third-order valence-electron chi connectivity index (χ3n) is 3.90. The highest BCUT2D eigenvalue weighted by Gasteiger charge is 2.02. The van der Waals surface area contributed by atoms with Crippen molar-refractivity contribution in [2.45, 2.75) is 46.1 Å². The minimum Gasteiger partial charge on any atom is -0.359 e. The maximum absolute atomic E-state index is 11.4. The lowest BCUT2D eigenvalue weighted by Gasteiger charge is -2.07. The van der Waals surface area contributed by atoms with Crippen LogP contribution in [0.2, 0.25) is 0 Å². The Morgan fingerprint density at radius 1 is 1.00 bits per heavy atom. The van der Waals surface area contributed by atoms with E-state index in [-0.39, 0.29) is 13.8 Å². The molecule has 2 aromatic rings. The number of ether oxygens (including phenoxy) is 2. The molecule has 0 aliphatic rings. The summed E-state index contributed by atoms with van der Waals surface area (Å²) in [6.07, 6.45) is 2.92. The van der Waals surface area contributed by atoms with Gasteiger partial charge in [0, 0.05) is 14.2 Å². The largest absolute Gasteiger partial charge is 0.359 e. The van der Waals surface area contributed by atoms with Gasteiger partial charge in [0.25, 0.3) is 0 Å². The van der Waals surface area contributed by atoms with Gasteiger partial charge in [-0.25, -0.2) is 0 Å². The van der Waals surface area contributed by atoms with Crippen molar-refractivity contribution in [2.75, 3.05) is 19.2 Å². The van der Waals surface area contributed by atoms with Crippen LogP contribution in [0.1, 0.15) is 44.8 Å². The number of amides is 1. The summed E-state index contributed by atoms with van der Waals surface area (Å²) < 4.78 is 10.2. The summed E-state index contributed by atoms with van der Waals surface area (Å²) in [4.78, 5) is 11.4. The SMILES string of the molecule is CC.COCOCc1ccc(CCCc2ccc(NC(=O)CC#N)cc2)cc1.[HH]. The van der Waals surface area contributed by atoms with E-state index in [0.29, 0.717) is 13.4 Å². The number of carbonyl (C=O) groups is 1. The topological polar surface area (TPSA) is 71.3 Å². The van der Waals surface area contributed by atoms with Gasteiger partial charge in [-0.2, -0.15) is 5.26 Å². The second kappa shape index (κ2) is 14.4. The second-order valence-corrected chi connectivity index (χ2v) is 6.01. The Balaban J connectivity index is 0.00000253. The molecule has 0 atom stereocenters. The molecule has 0 spiro atoms. The number of methoxy groups -OCH3 is 1. The van der Waals surface area contributed by atoms with Gasteiger partial charge in [-0.1, -0.05) is 50.2 Å². The van der Waals surface area contributed by atoms with E-state index in [9.17, 15) is 4.79 Å². The zero-order chi connectivity index (χ0) is 20.6. The van der Waals surface area contributed by atoms with Crippen LogP contribution >= 0.6 is 0 Å². The average molecular weight is 385 g/mol. The first-order valence-electron chi connectivity index (χ1n) is 9.61. The molecule has 0 radical (unpaired) electrons. The highest BCUT2D eigenvalue weighted by Crippen LogP contribution is 2.14. The van der Waals surface area contributed by atoms with Gasteiger partial charge in [-0.3, -0.25) is 4.79 Å². The van der Waals surface area contributed by atoms with E-state index >= 15 is 0 Å². The zero-order valence-corrected chi connectivity index (χ0v) is 17.0. The number of rotatable bonds is 10. The molecule has 28 heavy (non-hydrogen) atoms. The first-order valence-corrected chi connectivity index (χ1v) is 9.61. The summed E-state index contributed by atoms with van der Waals surface area (Å²) in [5.74, 6) is -0.281. The normalized spacial score (nSPS) is 9.79. The van der Waals surface area contributed by atoms with E-state index in [4.69, 9.17) is 14.7 Å². The van der Waals surface area contributed by atoms with E-state index < -0.39 is 0 Å². The lowest BCUT2D eigenvalue weighted by atomic mass is 10.0. The standard InChI is InChI=1S/C21H24N2O3.C2H6.H2/c1-25-16-26-15-19-7-5-17(6-8-19)3-2-4-18-9-11-20(12-10-18)23-21(24)13-14-22;1-2;/h5-12H,2-4,13,15-16H2,1H3,(H,23,24);1-2H3;1H. The Morgan fingerprint density at radius 2 is 1.54 bits per heavy atom. The van der Waals surface area contributed by atoms with E-state index in [1.165, 1.54) is 11.1 Å². The summed E-state index contributed by atoms with van der Waals surface area (Å²) in [5, 5.41) is 11.2. The summed E-state index contributed by atoms with van der Waals surface area (Å²) in [6.45, 7) is 4.87. The van der Waals surface area contributed by atoms with Gasteiger partial charge >= 0.3 is 0 Å². The number of nitrogens with zero attached hydrogens (tertiary/aromatic N) is 1. The van der Waals surface area contributed by atoms with Crippen LogP contribution < -0.4 is 5.32 Å². The van der Waals surface area contributed by atoms with Crippen LogP contribution in [-0.4, -0.2) is 19.8 Å². The molecule has 1 amide bonds. The van der Waals surface area contributed by atoms with Crippen LogP contribution in [0.25, 0.3) is 0 Å². The summed E-state index contributed by atoms with van der Waals surface area (Å²) in [7, 11) is 1.61. The third kappa shape index (κ3) is 9.31. The first-order chi connectivity index (χ1) is 13.7. The molecule has 5 heteroatoms. The van der Waals surface area contributed by atoms with E-state index in [1.54, 1.807) is 7.11 Å². The fourth-order valence-electron chi connectivity index (χ4n) is 2.57. The Morgan fingerprint density at radius 3 is 2.07 bits per heavy atom. The van der Waals surface area contributed by atoms with Gasteiger partial charge in [-0.05, 0) is 48.1 Å². The molecule has 0 aromatic heterocycles. The first kappa shape index (κ1) is 23.4. The number of benzene rings is 2. The zero-order valence-electron chi connectivity index (χ0n) is 17.0. The monoisotopic (exact) mass is 384 g/mol. The minimum absolute atomic E-state index is 0. The van der Waals surface area contributed by atoms with Gasteiger partial charge in [0.05, 0.1) is 12.7 Å². The van der Waals surface area contributed by atoms with Crippen molar-refractivity contribution in [1.29, 1.82) is 5.26 Å². The molecule has 2 rings (SSSR count). The molecule has 0 fully saturated rings. The summed E-state index contributed by atoms with van der Waals surface area (Å²) in [5.41, 5.74) is 4.40. The van der Waals surface area contributed by atoms with Crippen LogP contribution in [0.3, 0.4) is 0 Å². The number of aryl methyl sites for hydroxylation is 2. The summed E-state index contributed by atoms with van der Waals surface area (Å²) >= 11 is 0. The van der Waals surface area contributed by atoms with Crippen LogP contribution in [0.5, 0.6) is 0 Å². The molecule has 1 N–H and O–H groups in total. The van der Waals surface area contributed by atoms with Crippen molar-refractivity contribution >= 4 is 11.6 Å². The van der Waals surface area contributed by atoms with Gasteiger partial charge in [0.15, 0.2) is 0 Å².